The number of nitrogens with zero attached hydrogens (tertiary/aromatic N) is 4. The molecule has 0 bridgehead atoms. The van der Waals surface area contributed by atoms with E-state index in [2.05, 4.69) is 9.97 Å². The van der Waals surface area contributed by atoms with Crippen molar-refractivity contribution in [3.63, 3.8) is 0 Å². The van der Waals surface area contributed by atoms with E-state index in [-0.39, 0.29) is 11.5 Å². The maximum Gasteiger partial charge on any atom is 0.279 e. The second-order valence-corrected chi connectivity index (χ2v) is 5.55. The molecule has 1 saturated heterocycles. The lowest BCUT2D eigenvalue weighted by atomic mass is 9.98. The van der Waals surface area contributed by atoms with Crippen molar-refractivity contribution in [2.75, 3.05) is 13.1 Å². The van der Waals surface area contributed by atoms with E-state index in [1.165, 1.54) is 0 Å². The SMILES string of the molecule is CC(=O)N1CCC[C@@H](Cn2cnc3cccnc3c2=O)C1. The number of carbonyl (C=O) groups is 1. The molecule has 0 spiro atoms. The van der Waals surface area contributed by atoms with E-state index in [1.54, 1.807) is 36.1 Å². The number of pyridine rings is 1. The first-order valence-corrected chi connectivity index (χ1v) is 7.21. The first-order valence-electron chi connectivity index (χ1n) is 7.21. The second-order valence-electron chi connectivity index (χ2n) is 5.55. The third-order valence-electron chi connectivity index (χ3n) is 4.01. The van der Waals surface area contributed by atoms with Crippen LogP contribution in [-0.2, 0) is 11.3 Å². The molecule has 0 aromatic carbocycles. The summed E-state index contributed by atoms with van der Waals surface area (Å²) < 4.78 is 1.61. The summed E-state index contributed by atoms with van der Waals surface area (Å²) in [6.45, 7) is 3.71. The van der Waals surface area contributed by atoms with Crippen LogP contribution in [0.15, 0.2) is 29.5 Å². The smallest absolute Gasteiger partial charge is 0.279 e. The van der Waals surface area contributed by atoms with Gasteiger partial charge in [-0.05, 0) is 30.9 Å². The van der Waals surface area contributed by atoms with Crippen molar-refractivity contribution < 1.29 is 4.79 Å². The van der Waals surface area contributed by atoms with Gasteiger partial charge >= 0.3 is 0 Å². The second kappa shape index (κ2) is 5.63. The van der Waals surface area contributed by atoms with Crippen LogP contribution in [-0.4, -0.2) is 38.4 Å². The average molecular weight is 286 g/mol. The molecule has 3 rings (SSSR count). The topological polar surface area (TPSA) is 68.1 Å². The lowest BCUT2D eigenvalue weighted by Gasteiger charge is -2.32. The molecule has 0 saturated carbocycles. The Morgan fingerprint density at radius 1 is 1.43 bits per heavy atom. The van der Waals surface area contributed by atoms with Crippen molar-refractivity contribution in [1.29, 1.82) is 0 Å². The van der Waals surface area contributed by atoms with Gasteiger partial charge in [0, 0.05) is 32.8 Å². The Morgan fingerprint density at radius 2 is 2.29 bits per heavy atom. The van der Waals surface area contributed by atoms with Crippen LogP contribution in [0.25, 0.3) is 11.0 Å². The Balaban J connectivity index is 1.83. The Hall–Kier alpha value is -2.24. The summed E-state index contributed by atoms with van der Waals surface area (Å²) in [5, 5.41) is 0. The summed E-state index contributed by atoms with van der Waals surface area (Å²) in [6.07, 6.45) is 5.20. The molecule has 6 nitrogen and oxygen atoms in total. The van der Waals surface area contributed by atoms with Gasteiger partial charge in [0.2, 0.25) is 5.91 Å². The Morgan fingerprint density at radius 3 is 3.10 bits per heavy atom. The quantitative estimate of drug-likeness (QED) is 0.827. The summed E-state index contributed by atoms with van der Waals surface area (Å²) in [7, 11) is 0. The standard InChI is InChI=1S/C15H18N4O2/c1-11(20)18-7-3-4-12(8-18)9-19-10-17-13-5-2-6-16-14(13)15(19)21/h2,5-6,10,12H,3-4,7-9H2,1H3/t12-/m1/s1. The van der Waals surface area contributed by atoms with Crippen LogP contribution < -0.4 is 5.56 Å². The minimum absolute atomic E-state index is 0.102. The predicted molar refractivity (Wildman–Crippen MR) is 78.8 cm³/mol. The molecule has 1 fully saturated rings. The highest BCUT2D eigenvalue weighted by Gasteiger charge is 2.22. The molecule has 0 aliphatic carbocycles. The minimum atomic E-state index is -0.111. The van der Waals surface area contributed by atoms with Gasteiger partial charge in [-0.3, -0.25) is 14.2 Å². The fourth-order valence-electron chi connectivity index (χ4n) is 2.89. The number of rotatable bonds is 2. The van der Waals surface area contributed by atoms with Crippen molar-refractivity contribution in [2.24, 2.45) is 5.92 Å². The zero-order valence-corrected chi connectivity index (χ0v) is 12.0. The number of piperidine rings is 1. The molecular formula is C15H18N4O2. The number of amides is 1. The molecule has 6 heteroatoms. The normalized spacial score (nSPS) is 18.9. The molecular weight excluding hydrogens is 268 g/mol. The van der Waals surface area contributed by atoms with E-state index in [9.17, 15) is 9.59 Å². The number of hydrogen-bond donors (Lipinski definition) is 0. The molecule has 0 N–H and O–H groups in total. The van der Waals surface area contributed by atoms with Crippen LogP contribution in [0, 0.1) is 5.92 Å². The van der Waals surface area contributed by atoms with Gasteiger partial charge in [0.1, 0.15) is 0 Å². The monoisotopic (exact) mass is 286 g/mol. The van der Waals surface area contributed by atoms with E-state index in [0.717, 1.165) is 19.4 Å². The first kappa shape index (κ1) is 13.7. The highest BCUT2D eigenvalue weighted by atomic mass is 16.2. The minimum Gasteiger partial charge on any atom is -0.343 e. The third-order valence-corrected chi connectivity index (χ3v) is 4.01. The van der Waals surface area contributed by atoms with Crippen molar-refractivity contribution in [3.8, 4) is 0 Å². The maximum absolute atomic E-state index is 12.4. The Labute approximate surface area is 122 Å². The van der Waals surface area contributed by atoms with Crippen LogP contribution in [0.2, 0.25) is 0 Å². The van der Waals surface area contributed by atoms with Crippen LogP contribution in [0.3, 0.4) is 0 Å². The van der Waals surface area contributed by atoms with Gasteiger partial charge in [0.25, 0.3) is 5.56 Å². The molecule has 2 aromatic heterocycles. The van der Waals surface area contributed by atoms with Gasteiger partial charge in [-0.25, -0.2) is 9.97 Å². The summed E-state index contributed by atoms with van der Waals surface area (Å²) in [6, 6.07) is 3.55. The molecule has 2 aromatic rings. The zero-order valence-electron chi connectivity index (χ0n) is 12.0. The van der Waals surface area contributed by atoms with Crippen LogP contribution in [0.1, 0.15) is 19.8 Å². The van der Waals surface area contributed by atoms with Crippen molar-refractivity contribution in [2.45, 2.75) is 26.3 Å². The van der Waals surface area contributed by atoms with E-state index < -0.39 is 0 Å². The Bertz CT molecular complexity index is 725. The summed E-state index contributed by atoms with van der Waals surface area (Å²) in [5.41, 5.74) is 0.910. The van der Waals surface area contributed by atoms with Crippen LogP contribution in [0.5, 0.6) is 0 Å². The molecule has 3 heterocycles. The summed E-state index contributed by atoms with van der Waals surface area (Å²) in [4.78, 5) is 34.1. The van der Waals surface area contributed by atoms with Gasteiger partial charge in [-0.15, -0.1) is 0 Å². The van der Waals surface area contributed by atoms with Crippen molar-refractivity contribution >= 4 is 16.9 Å². The molecule has 0 unspecified atom stereocenters. The van der Waals surface area contributed by atoms with Gasteiger partial charge in [0.15, 0.2) is 5.52 Å². The zero-order chi connectivity index (χ0) is 14.8. The van der Waals surface area contributed by atoms with Crippen molar-refractivity contribution in [1.82, 2.24) is 19.4 Å². The largest absolute Gasteiger partial charge is 0.343 e. The van der Waals surface area contributed by atoms with Gasteiger partial charge in [-0.2, -0.15) is 0 Å². The maximum atomic E-state index is 12.4. The van der Waals surface area contributed by atoms with E-state index in [4.69, 9.17) is 0 Å². The lowest BCUT2D eigenvalue weighted by Crippen LogP contribution is -2.40. The number of carbonyl (C=O) groups excluding carboxylic acids is 1. The third kappa shape index (κ3) is 2.79. The van der Waals surface area contributed by atoms with Gasteiger partial charge in [-0.1, -0.05) is 0 Å². The van der Waals surface area contributed by atoms with E-state index >= 15 is 0 Å². The highest BCUT2D eigenvalue weighted by molar-refractivity contribution is 5.73. The van der Waals surface area contributed by atoms with Crippen molar-refractivity contribution in [3.05, 3.63) is 35.0 Å². The van der Waals surface area contributed by atoms with Gasteiger partial charge in [0.05, 0.1) is 11.8 Å². The van der Waals surface area contributed by atoms with Gasteiger partial charge < -0.3 is 4.90 Å². The fraction of sp³-hybridized carbons (Fsp3) is 0.467. The molecule has 0 radical (unpaired) electrons. The predicted octanol–water partition coefficient (Wildman–Crippen LogP) is 1.05. The number of likely N-dealkylation sites (tertiary alicyclic amines) is 1. The van der Waals surface area contributed by atoms with Crippen LogP contribution >= 0.6 is 0 Å². The lowest BCUT2D eigenvalue weighted by molar-refractivity contribution is -0.130. The summed E-state index contributed by atoms with van der Waals surface area (Å²) >= 11 is 0. The number of fused-ring (bicyclic) bond motifs is 1. The molecule has 1 aliphatic rings. The molecule has 1 atom stereocenters. The number of hydrogen-bond acceptors (Lipinski definition) is 4. The van der Waals surface area contributed by atoms with E-state index in [0.29, 0.717) is 30.0 Å². The average Bonchev–Trinajstić information content (AvgIpc) is 2.51. The highest BCUT2D eigenvalue weighted by Crippen LogP contribution is 2.18. The Kier molecular flexibility index (Phi) is 3.68. The number of aromatic nitrogens is 3. The summed E-state index contributed by atoms with van der Waals surface area (Å²) in [5.74, 6) is 0.397. The molecule has 1 aliphatic heterocycles. The van der Waals surface area contributed by atoms with Crippen LogP contribution in [0.4, 0.5) is 0 Å². The molecule has 21 heavy (non-hydrogen) atoms. The fourth-order valence-corrected chi connectivity index (χ4v) is 2.89. The molecule has 1 amide bonds. The first-order chi connectivity index (χ1) is 10.1. The molecule has 110 valence electrons. The van der Waals surface area contributed by atoms with E-state index in [1.807, 2.05) is 4.90 Å².